The minimum absolute atomic E-state index is 0.0720. The number of aliphatic hydroxyl groups is 1. The van der Waals surface area contributed by atoms with Crippen LogP contribution in [0.25, 0.3) is 0 Å². The van der Waals surface area contributed by atoms with E-state index in [9.17, 15) is 9.90 Å². The molecule has 1 aromatic carbocycles. The summed E-state index contributed by atoms with van der Waals surface area (Å²) in [6.45, 7) is 5.91. The number of nitrogens with one attached hydrogen (secondary N) is 2. The van der Waals surface area contributed by atoms with Gasteiger partial charge < -0.3 is 15.7 Å². The van der Waals surface area contributed by atoms with Gasteiger partial charge in [-0.1, -0.05) is 6.07 Å². The highest BCUT2D eigenvalue weighted by Crippen LogP contribution is 2.11. The lowest BCUT2D eigenvalue weighted by Crippen LogP contribution is -2.34. The van der Waals surface area contributed by atoms with Gasteiger partial charge in [0.15, 0.2) is 0 Å². The number of carbonyl (C=O) groups excluding carboxylic acids is 1. The van der Waals surface area contributed by atoms with E-state index in [1.54, 1.807) is 0 Å². The van der Waals surface area contributed by atoms with Gasteiger partial charge >= 0.3 is 0 Å². The van der Waals surface area contributed by atoms with Gasteiger partial charge in [0.2, 0.25) is 0 Å². The van der Waals surface area contributed by atoms with Crippen LogP contribution < -0.4 is 10.6 Å². The second kappa shape index (κ2) is 5.50. The van der Waals surface area contributed by atoms with Crippen LogP contribution in [0.2, 0.25) is 0 Å². The van der Waals surface area contributed by atoms with Crippen molar-refractivity contribution in [1.82, 2.24) is 10.6 Å². The van der Waals surface area contributed by atoms with Crippen LogP contribution in [0.5, 0.6) is 0 Å². The predicted molar refractivity (Wildman–Crippen MR) is 70.6 cm³/mol. The van der Waals surface area contributed by atoms with Crippen LogP contribution in [-0.2, 0) is 0 Å². The van der Waals surface area contributed by atoms with Gasteiger partial charge in [-0.3, -0.25) is 4.79 Å². The Balaban J connectivity index is 1.93. The van der Waals surface area contributed by atoms with Crippen molar-refractivity contribution in [1.29, 1.82) is 0 Å². The highest BCUT2D eigenvalue weighted by Gasteiger charge is 2.25. The molecular weight excluding hydrogens is 228 g/mol. The number of rotatable bonds is 3. The zero-order valence-electron chi connectivity index (χ0n) is 10.9. The maximum atomic E-state index is 12.0. The van der Waals surface area contributed by atoms with Crippen LogP contribution in [0, 0.1) is 19.8 Å². The molecule has 1 aromatic rings. The van der Waals surface area contributed by atoms with Gasteiger partial charge in [0.25, 0.3) is 5.91 Å². The van der Waals surface area contributed by atoms with Crippen molar-refractivity contribution in [3.8, 4) is 0 Å². The van der Waals surface area contributed by atoms with Gasteiger partial charge in [0.1, 0.15) is 0 Å². The molecule has 3 N–H and O–H groups in total. The first kappa shape index (κ1) is 13.1. The van der Waals surface area contributed by atoms with E-state index in [0.29, 0.717) is 18.7 Å². The zero-order chi connectivity index (χ0) is 13.1. The number of aryl methyl sites for hydroxylation is 2. The number of hydrogen-bond donors (Lipinski definition) is 3. The summed E-state index contributed by atoms with van der Waals surface area (Å²) in [6, 6.07) is 5.69. The molecule has 0 spiro atoms. The largest absolute Gasteiger partial charge is 0.391 e. The van der Waals surface area contributed by atoms with Gasteiger partial charge in [-0.15, -0.1) is 0 Å². The number of amides is 1. The van der Waals surface area contributed by atoms with Gasteiger partial charge in [-0.2, -0.15) is 0 Å². The van der Waals surface area contributed by atoms with Crippen molar-refractivity contribution in [2.45, 2.75) is 20.0 Å². The minimum Gasteiger partial charge on any atom is -0.391 e. The quantitative estimate of drug-likeness (QED) is 0.734. The smallest absolute Gasteiger partial charge is 0.251 e. The number of carbonyl (C=O) groups is 1. The molecule has 1 aliphatic heterocycles. The minimum atomic E-state index is -0.356. The SMILES string of the molecule is Cc1ccc(C(=O)NCC2CNCC2O)cc1C. The molecule has 2 unspecified atom stereocenters. The molecular formula is C14H20N2O2. The Labute approximate surface area is 107 Å². The monoisotopic (exact) mass is 248 g/mol. The molecule has 1 heterocycles. The van der Waals surface area contributed by atoms with E-state index in [0.717, 1.165) is 12.1 Å². The number of β-amino-alcohol motifs (C(OH)–C–C–N with tert-alkyl or cyclic N) is 1. The molecule has 0 aromatic heterocycles. The van der Waals surface area contributed by atoms with Crippen molar-refractivity contribution < 1.29 is 9.90 Å². The highest BCUT2D eigenvalue weighted by molar-refractivity contribution is 5.94. The fourth-order valence-electron chi connectivity index (χ4n) is 2.14. The Morgan fingerprint density at radius 2 is 2.17 bits per heavy atom. The van der Waals surface area contributed by atoms with Crippen molar-refractivity contribution in [3.63, 3.8) is 0 Å². The van der Waals surface area contributed by atoms with Gasteiger partial charge in [0, 0.05) is 31.1 Å². The summed E-state index contributed by atoms with van der Waals surface area (Å²) in [6.07, 6.45) is -0.356. The average molecular weight is 248 g/mol. The maximum absolute atomic E-state index is 12.0. The number of aliphatic hydroxyl groups excluding tert-OH is 1. The van der Waals surface area contributed by atoms with Crippen LogP contribution in [0.1, 0.15) is 21.5 Å². The summed E-state index contributed by atoms with van der Waals surface area (Å²) in [5.74, 6) is 0.0395. The Hall–Kier alpha value is -1.39. The molecule has 4 heteroatoms. The van der Waals surface area contributed by atoms with Crippen LogP contribution >= 0.6 is 0 Å². The Morgan fingerprint density at radius 3 is 2.78 bits per heavy atom. The van der Waals surface area contributed by atoms with Crippen LogP contribution in [0.15, 0.2) is 18.2 Å². The maximum Gasteiger partial charge on any atom is 0.251 e. The third kappa shape index (κ3) is 2.89. The van der Waals surface area contributed by atoms with Crippen molar-refractivity contribution in [3.05, 3.63) is 34.9 Å². The molecule has 1 fully saturated rings. The first-order chi connectivity index (χ1) is 8.58. The summed E-state index contributed by atoms with van der Waals surface area (Å²) < 4.78 is 0. The predicted octanol–water partition coefficient (Wildman–Crippen LogP) is 0.614. The Kier molecular flexibility index (Phi) is 3.99. The zero-order valence-corrected chi connectivity index (χ0v) is 10.9. The molecule has 1 aliphatic rings. The van der Waals surface area contributed by atoms with Gasteiger partial charge in [0.05, 0.1) is 6.10 Å². The molecule has 18 heavy (non-hydrogen) atoms. The van der Waals surface area contributed by atoms with Crippen LogP contribution in [-0.4, -0.2) is 36.8 Å². The highest BCUT2D eigenvalue weighted by atomic mass is 16.3. The first-order valence-electron chi connectivity index (χ1n) is 6.32. The Bertz CT molecular complexity index is 445. The molecule has 0 saturated carbocycles. The molecule has 98 valence electrons. The summed E-state index contributed by atoms with van der Waals surface area (Å²) >= 11 is 0. The second-order valence-electron chi connectivity index (χ2n) is 4.99. The topological polar surface area (TPSA) is 61.4 Å². The fraction of sp³-hybridized carbons (Fsp3) is 0.500. The van der Waals surface area contributed by atoms with Crippen molar-refractivity contribution in [2.75, 3.05) is 19.6 Å². The average Bonchev–Trinajstić information content (AvgIpc) is 2.75. The molecule has 2 atom stereocenters. The molecule has 4 nitrogen and oxygen atoms in total. The second-order valence-corrected chi connectivity index (χ2v) is 4.99. The number of hydrogen-bond acceptors (Lipinski definition) is 3. The van der Waals surface area contributed by atoms with E-state index in [1.165, 1.54) is 5.56 Å². The summed E-state index contributed by atoms with van der Waals surface area (Å²) in [5, 5.41) is 15.6. The fourth-order valence-corrected chi connectivity index (χ4v) is 2.14. The Morgan fingerprint density at radius 1 is 1.39 bits per heavy atom. The van der Waals surface area contributed by atoms with Gasteiger partial charge in [-0.05, 0) is 37.1 Å². The van der Waals surface area contributed by atoms with Crippen LogP contribution in [0.3, 0.4) is 0 Å². The van der Waals surface area contributed by atoms with E-state index in [2.05, 4.69) is 10.6 Å². The molecule has 0 aliphatic carbocycles. The van der Waals surface area contributed by atoms with Crippen molar-refractivity contribution >= 4 is 5.91 Å². The van der Waals surface area contributed by atoms with E-state index in [-0.39, 0.29) is 17.9 Å². The summed E-state index contributed by atoms with van der Waals surface area (Å²) in [4.78, 5) is 12.0. The summed E-state index contributed by atoms with van der Waals surface area (Å²) in [5.41, 5.74) is 2.98. The summed E-state index contributed by atoms with van der Waals surface area (Å²) in [7, 11) is 0. The normalized spacial score (nSPS) is 23.1. The third-order valence-corrected chi connectivity index (χ3v) is 3.60. The lowest BCUT2D eigenvalue weighted by atomic mass is 10.0. The van der Waals surface area contributed by atoms with Gasteiger partial charge in [-0.25, -0.2) is 0 Å². The van der Waals surface area contributed by atoms with Crippen molar-refractivity contribution in [2.24, 2.45) is 5.92 Å². The lowest BCUT2D eigenvalue weighted by Gasteiger charge is -2.14. The molecule has 0 bridgehead atoms. The lowest BCUT2D eigenvalue weighted by molar-refractivity contribution is 0.0927. The molecule has 2 rings (SSSR count). The molecule has 1 saturated heterocycles. The van der Waals surface area contributed by atoms with E-state index in [1.807, 2.05) is 32.0 Å². The number of benzene rings is 1. The van der Waals surface area contributed by atoms with Crippen LogP contribution in [0.4, 0.5) is 0 Å². The van der Waals surface area contributed by atoms with E-state index in [4.69, 9.17) is 0 Å². The third-order valence-electron chi connectivity index (χ3n) is 3.60. The van der Waals surface area contributed by atoms with E-state index >= 15 is 0 Å². The molecule has 0 radical (unpaired) electrons. The standard InChI is InChI=1S/C14H20N2O2/c1-9-3-4-11(5-10(9)2)14(18)16-7-12-6-15-8-13(12)17/h3-5,12-13,15,17H,6-8H2,1-2H3,(H,16,18). The molecule has 1 amide bonds. The first-order valence-corrected chi connectivity index (χ1v) is 6.32. The van der Waals surface area contributed by atoms with E-state index < -0.39 is 0 Å².